The number of halogens is 2. The van der Waals surface area contributed by atoms with Crippen molar-refractivity contribution in [3.8, 4) is 5.75 Å². The Bertz CT molecular complexity index is 1190. The minimum atomic E-state index is -0.569. The van der Waals surface area contributed by atoms with E-state index >= 15 is 0 Å². The van der Waals surface area contributed by atoms with Gasteiger partial charge in [-0.25, -0.2) is 4.39 Å². The number of nitrogens with zero attached hydrogens (tertiary/aromatic N) is 3. The minimum Gasteiger partial charge on any atom is -0.487 e. The predicted molar refractivity (Wildman–Crippen MR) is 107 cm³/mol. The van der Waals surface area contributed by atoms with E-state index in [0.29, 0.717) is 34.1 Å². The van der Waals surface area contributed by atoms with Gasteiger partial charge in [0.15, 0.2) is 0 Å². The van der Waals surface area contributed by atoms with Gasteiger partial charge in [-0.05, 0) is 30.3 Å². The van der Waals surface area contributed by atoms with Gasteiger partial charge in [0.2, 0.25) is 0 Å². The summed E-state index contributed by atoms with van der Waals surface area (Å²) in [6.45, 7) is 0.313. The molecular formula is C21H14ClFN4O2. The van der Waals surface area contributed by atoms with Crippen molar-refractivity contribution in [1.82, 2.24) is 15.0 Å². The first kappa shape index (κ1) is 18.8. The molecule has 6 nitrogen and oxygen atoms in total. The zero-order chi connectivity index (χ0) is 20.2. The SMILES string of the molecule is O=C(Nc1ccc(OCc2cccnc2)c(Cl)c1)c1cc(F)cc2nccnc12. The number of aromatic nitrogens is 3. The van der Waals surface area contributed by atoms with E-state index in [1.54, 1.807) is 30.6 Å². The third-order valence-electron chi connectivity index (χ3n) is 4.09. The lowest BCUT2D eigenvalue weighted by Crippen LogP contribution is -2.13. The maximum Gasteiger partial charge on any atom is 0.258 e. The molecule has 0 fully saturated rings. The van der Waals surface area contributed by atoms with E-state index in [2.05, 4.69) is 20.3 Å². The summed E-state index contributed by atoms with van der Waals surface area (Å²) in [6, 6.07) is 10.9. The fraction of sp³-hybridized carbons (Fsp3) is 0.0476. The number of benzene rings is 2. The zero-order valence-electron chi connectivity index (χ0n) is 15.0. The van der Waals surface area contributed by atoms with Gasteiger partial charge in [0.1, 0.15) is 23.7 Å². The molecule has 1 N–H and O–H groups in total. The van der Waals surface area contributed by atoms with Crippen molar-refractivity contribution in [2.24, 2.45) is 0 Å². The highest BCUT2D eigenvalue weighted by molar-refractivity contribution is 6.32. The second kappa shape index (κ2) is 8.20. The van der Waals surface area contributed by atoms with Crippen molar-refractivity contribution < 1.29 is 13.9 Å². The van der Waals surface area contributed by atoms with E-state index in [9.17, 15) is 9.18 Å². The highest BCUT2D eigenvalue weighted by atomic mass is 35.5. The highest BCUT2D eigenvalue weighted by Crippen LogP contribution is 2.29. The molecule has 0 aliphatic carbocycles. The van der Waals surface area contributed by atoms with Crippen LogP contribution in [0.1, 0.15) is 15.9 Å². The largest absolute Gasteiger partial charge is 0.487 e. The van der Waals surface area contributed by atoms with Crippen LogP contribution >= 0.6 is 11.6 Å². The first-order valence-electron chi connectivity index (χ1n) is 8.63. The fourth-order valence-corrected chi connectivity index (χ4v) is 2.99. The maximum absolute atomic E-state index is 13.8. The molecule has 0 saturated carbocycles. The van der Waals surface area contributed by atoms with E-state index in [1.807, 2.05) is 12.1 Å². The van der Waals surface area contributed by atoms with Crippen LogP contribution in [-0.2, 0) is 6.61 Å². The van der Waals surface area contributed by atoms with Gasteiger partial charge < -0.3 is 10.1 Å². The molecule has 2 aromatic carbocycles. The third-order valence-corrected chi connectivity index (χ3v) is 4.39. The van der Waals surface area contributed by atoms with E-state index < -0.39 is 11.7 Å². The summed E-state index contributed by atoms with van der Waals surface area (Å²) in [5.41, 5.74) is 2.04. The summed E-state index contributed by atoms with van der Waals surface area (Å²) in [7, 11) is 0. The van der Waals surface area contributed by atoms with Crippen LogP contribution in [0.3, 0.4) is 0 Å². The number of rotatable bonds is 5. The van der Waals surface area contributed by atoms with Gasteiger partial charge in [-0.15, -0.1) is 0 Å². The molecular weight excluding hydrogens is 395 g/mol. The molecule has 0 aliphatic heterocycles. The lowest BCUT2D eigenvalue weighted by Gasteiger charge is -2.11. The van der Waals surface area contributed by atoms with E-state index in [1.165, 1.54) is 18.5 Å². The molecule has 0 aliphatic rings. The Kier molecular flexibility index (Phi) is 5.31. The number of pyridine rings is 1. The molecule has 29 heavy (non-hydrogen) atoms. The fourth-order valence-electron chi connectivity index (χ4n) is 2.75. The number of carbonyl (C=O) groups excluding carboxylic acids is 1. The molecule has 4 rings (SSSR count). The number of carbonyl (C=O) groups is 1. The maximum atomic E-state index is 13.8. The Morgan fingerprint density at radius 3 is 2.76 bits per heavy atom. The minimum absolute atomic E-state index is 0.0844. The Labute approximate surface area is 170 Å². The van der Waals surface area contributed by atoms with Crippen molar-refractivity contribution in [3.63, 3.8) is 0 Å². The van der Waals surface area contributed by atoms with Crippen molar-refractivity contribution in [2.45, 2.75) is 6.61 Å². The molecule has 0 spiro atoms. The topological polar surface area (TPSA) is 77.0 Å². The van der Waals surface area contributed by atoms with Crippen LogP contribution in [-0.4, -0.2) is 20.9 Å². The number of hydrogen-bond donors (Lipinski definition) is 1. The molecule has 0 bridgehead atoms. The van der Waals surface area contributed by atoms with E-state index in [-0.39, 0.29) is 5.56 Å². The molecule has 0 radical (unpaired) electrons. The normalized spacial score (nSPS) is 10.7. The number of nitrogens with one attached hydrogen (secondary N) is 1. The Morgan fingerprint density at radius 2 is 1.97 bits per heavy atom. The van der Waals surface area contributed by atoms with Crippen LogP contribution in [0.5, 0.6) is 5.75 Å². The second-order valence-electron chi connectivity index (χ2n) is 6.13. The quantitative estimate of drug-likeness (QED) is 0.520. The van der Waals surface area contributed by atoms with Gasteiger partial charge in [-0.1, -0.05) is 17.7 Å². The third kappa shape index (κ3) is 4.30. The summed E-state index contributed by atoms with van der Waals surface area (Å²) in [5.74, 6) is -0.619. The molecule has 0 atom stereocenters. The molecule has 2 aromatic heterocycles. The summed E-state index contributed by atoms with van der Waals surface area (Å²) < 4.78 is 19.5. The lowest BCUT2D eigenvalue weighted by atomic mass is 10.1. The zero-order valence-corrected chi connectivity index (χ0v) is 15.7. The summed E-state index contributed by atoms with van der Waals surface area (Å²) in [5, 5.41) is 3.03. The van der Waals surface area contributed by atoms with Crippen LogP contribution in [0.15, 0.2) is 67.3 Å². The Balaban J connectivity index is 1.51. The second-order valence-corrected chi connectivity index (χ2v) is 6.53. The van der Waals surface area contributed by atoms with Crippen LogP contribution < -0.4 is 10.1 Å². The molecule has 4 aromatic rings. The Hall–Kier alpha value is -3.58. The highest BCUT2D eigenvalue weighted by Gasteiger charge is 2.15. The van der Waals surface area contributed by atoms with Gasteiger partial charge in [-0.2, -0.15) is 0 Å². The molecule has 1 amide bonds. The van der Waals surface area contributed by atoms with E-state index in [4.69, 9.17) is 16.3 Å². The number of hydrogen-bond acceptors (Lipinski definition) is 5. The van der Waals surface area contributed by atoms with Crippen molar-refractivity contribution in [3.05, 3.63) is 89.2 Å². The summed E-state index contributed by atoms with van der Waals surface area (Å²) in [6.07, 6.45) is 6.27. The molecule has 144 valence electrons. The Morgan fingerprint density at radius 1 is 1.10 bits per heavy atom. The van der Waals surface area contributed by atoms with Crippen molar-refractivity contribution in [1.29, 1.82) is 0 Å². The van der Waals surface area contributed by atoms with Crippen LogP contribution in [0.2, 0.25) is 5.02 Å². The lowest BCUT2D eigenvalue weighted by molar-refractivity contribution is 0.102. The van der Waals surface area contributed by atoms with Crippen LogP contribution in [0.25, 0.3) is 11.0 Å². The number of amides is 1. The average molecular weight is 409 g/mol. The monoisotopic (exact) mass is 408 g/mol. The van der Waals surface area contributed by atoms with Crippen LogP contribution in [0, 0.1) is 5.82 Å². The van der Waals surface area contributed by atoms with Crippen LogP contribution in [0.4, 0.5) is 10.1 Å². The van der Waals surface area contributed by atoms with Crippen molar-refractivity contribution >= 4 is 34.2 Å². The van der Waals surface area contributed by atoms with Gasteiger partial charge >= 0.3 is 0 Å². The van der Waals surface area contributed by atoms with Gasteiger partial charge in [0.05, 0.1) is 16.1 Å². The van der Waals surface area contributed by atoms with Gasteiger partial charge in [0.25, 0.3) is 5.91 Å². The number of ether oxygens (including phenoxy) is 1. The standard InChI is InChI=1S/C21H14ClFN4O2/c22-17-10-15(3-4-19(17)29-12-13-2-1-5-24-11-13)27-21(28)16-8-14(23)9-18-20(16)26-7-6-25-18/h1-11H,12H2,(H,27,28). The first-order chi connectivity index (χ1) is 14.1. The molecule has 0 unspecified atom stereocenters. The molecule has 8 heteroatoms. The molecule has 0 saturated heterocycles. The average Bonchev–Trinajstić information content (AvgIpc) is 2.73. The first-order valence-corrected chi connectivity index (χ1v) is 9.01. The number of fused-ring (bicyclic) bond motifs is 1. The van der Waals surface area contributed by atoms with Crippen molar-refractivity contribution in [2.75, 3.05) is 5.32 Å². The summed E-state index contributed by atoms with van der Waals surface area (Å²) >= 11 is 6.27. The predicted octanol–water partition coefficient (Wildman–Crippen LogP) is 4.65. The van der Waals surface area contributed by atoms with Gasteiger partial charge in [0, 0.05) is 42.1 Å². The van der Waals surface area contributed by atoms with Gasteiger partial charge in [-0.3, -0.25) is 19.7 Å². The smallest absolute Gasteiger partial charge is 0.258 e. The number of anilines is 1. The van der Waals surface area contributed by atoms with E-state index in [0.717, 1.165) is 11.6 Å². The molecule has 2 heterocycles. The summed E-state index contributed by atoms with van der Waals surface area (Å²) in [4.78, 5) is 24.9.